The van der Waals surface area contributed by atoms with E-state index in [-0.39, 0.29) is 29.5 Å². The topological polar surface area (TPSA) is 129 Å². The zero-order chi connectivity index (χ0) is 30.1. The molecule has 0 radical (unpaired) electrons. The molecule has 5 aromatic rings. The summed E-state index contributed by atoms with van der Waals surface area (Å²) < 4.78 is 46.8. The number of nitrogens with zero attached hydrogens (tertiary/aromatic N) is 6. The van der Waals surface area contributed by atoms with Crippen LogP contribution in [0.4, 0.5) is 13.2 Å². The summed E-state index contributed by atoms with van der Waals surface area (Å²) in [5.41, 5.74) is 1.02. The number of ether oxygens (including phenoxy) is 1. The Kier molecular flexibility index (Phi) is 7.57. The molecule has 0 spiro atoms. The van der Waals surface area contributed by atoms with Crippen LogP contribution in [-0.4, -0.2) is 41.0 Å². The number of halogens is 3. The first-order valence-electron chi connectivity index (χ1n) is 13.7. The number of carbonyl (C=O) groups excluding carboxylic acids is 1. The Morgan fingerprint density at radius 3 is 2.40 bits per heavy atom. The second-order valence-electron chi connectivity index (χ2n) is 10.5. The molecule has 1 fully saturated rings. The highest BCUT2D eigenvalue weighted by atomic mass is 19.4. The first kappa shape index (κ1) is 28.3. The van der Waals surface area contributed by atoms with Crippen molar-refractivity contribution in [2.45, 2.75) is 57.0 Å². The summed E-state index contributed by atoms with van der Waals surface area (Å²) in [4.78, 5) is 44.5. The van der Waals surface area contributed by atoms with Crippen LogP contribution in [0.25, 0.3) is 11.0 Å². The third kappa shape index (κ3) is 5.67. The number of hydrogen-bond donors (Lipinski definition) is 1. The molecule has 1 N–H and O–H groups in total. The normalized spacial score (nSPS) is 17.5. The van der Waals surface area contributed by atoms with E-state index in [0.29, 0.717) is 41.4 Å². The van der Waals surface area contributed by atoms with Gasteiger partial charge in [-0.3, -0.25) is 14.6 Å². The van der Waals surface area contributed by atoms with Crippen LogP contribution < -0.4 is 5.56 Å². The van der Waals surface area contributed by atoms with Gasteiger partial charge in [0.25, 0.3) is 5.56 Å². The molecule has 13 heteroatoms. The van der Waals surface area contributed by atoms with Crippen LogP contribution in [0.5, 0.6) is 0 Å². The number of aldehydes is 1. The maximum atomic E-state index is 13.5. The number of rotatable bonds is 9. The van der Waals surface area contributed by atoms with E-state index < -0.39 is 23.5 Å². The lowest BCUT2D eigenvalue weighted by molar-refractivity contribution is -0.141. The van der Waals surface area contributed by atoms with Gasteiger partial charge in [0.05, 0.1) is 24.8 Å². The van der Waals surface area contributed by atoms with Gasteiger partial charge < -0.3 is 9.72 Å². The quantitative estimate of drug-likeness (QED) is 0.235. The van der Waals surface area contributed by atoms with Crippen LogP contribution >= 0.6 is 0 Å². The highest BCUT2D eigenvalue weighted by Gasteiger charge is 2.38. The minimum Gasteiger partial charge on any atom is -0.370 e. The van der Waals surface area contributed by atoms with E-state index in [9.17, 15) is 22.8 Å². The molecule has 6 rings (SSSR count). The number of benzene rings is 1. The van der Waals surface area contributed by atoms with Crippen molar-refractivity contribution in [3.05, 3.63) is 111 Å². The Morgan fingerprint density at radius 1 is 1.02 bits per heavy atom. The van der Waals surface area contributed by atoms with Gasteiger partial charge in [-0.05, 0) is 37.0 Å². The van der Waals surface area contributed by atoms with Crippen LogP contribution in [0.3, 0.4) is 0 Å². The largest absolute Gasteiger partial charge is 0.433 e. The van der Waals surface area contributed by atoms with Crippen molar-refractivity contribution in [3.8, 4) is 0 Å². The number of fused-ring (bicyclic) bond motifs is 1. The van der Waals surface area contributed by atoms with Gasteiger partial charge in [0.1, 0.15) is 28.4 Å². The van der Waals surface area contributed by atoms with Crippen molar-refractivity contribution >= 4 is 17.3 Å². The number of aromatic amines is 1. The summed E-state index contributed by atoms with van der Waals surface area (Å²) in [5, 5.41) is 4.91. The minimum atomic E-state index is -4.57. The molecule has 1 aromatic carbocycles. The molecule has 3 atom stereocenters. The van der Waals surface area contributed by atoms with E-state index in [2.05, 4.69) is 25.0 Å². The summed E-state index contributed by atoms with van der Waals surface area (Å²) in [6.45, 7) is 2.07. The van der Waals surface area contributed by atoms with Crippen LogP contribution in [0.1, 0.15) is 82.2 Å². The van der Waals surface area contributed by atoms with Gasteiger partial charge in [0, 0.05) is 30.4 Å². The fourth-order valence-electron chi connectivity index (χ4n) is 5.22. The zero-order valence-electron chi connectivity index (χ0n) is 23.0. The third-order valence-corrected chi connectivity index (χ3v) is 7.71. The van der Waals surface area contributed by atoms with E-state index in [1.54, 1.807) is 6.92 Å². The summed E-state index contributed by atoms with van der Waals surface area (Å²) in [5.74, 6) is 0.705. The first-order valence-corrected chi connectivity index (χ1v) is 13.7. The average molecular weight is 590 g/mol. The SMILES string of the molecule is CC(c1ccc(C(F)(F)F)nc1)n1nc(COCc2ccccc2)c2c(=O)[nH]c(C3CCC3c3ncc(C=O)cn3)nc21. The minimum absolute atomic E-state index is 0.0173. The van der Waals surface area contributed by atoms with Crippen LogP contribution in [-0.2, 0) is 24.1 Å². The van der Waals surface area contributed by atoms with Crippen molar-refractivity contribution < 1.29 is 22.7 Å². The number of aromatic nitrogens is 7. The molecule has 1 aliphatic carbocycles. The average Bonchev–Trinajstić information content (AvgIpc) is 3.35. The number of H-pyrrole nitrogens is 1. The van der Waals surface area contributed by atoms with E-state index >= 15 is 0 Å². The number of nitrogens with one attached hydrogen (secondary N) is 1. The Balaban J connectivity index is 1.37. The predicted octanol–water partition coefficient (Wildman–Crippen LogP) is 5.12. The molecule has 0 bridgehead atoms. The smallest absolute Gasteiger partial charge is 0.370 e. The molecule has 1 saturated carbocycles. The van der Waals surface area contributed by atoms with Crippen LogP contribution in [0, 0.1) is 0 Å². The second kappa shape index (κ2) is 11.5. The highest BCUT2D eigenvalue weighted by molar-refractivity contribution is 5.77. The van der Waals surface area contributed by atoms with Crippen molar-refractivity contribution in [1.29, 1.82) is 0 Å². The first-order chi connectivity index (χ1) is 20.7. The van der Waals surface area contributed by atoms with E-state index in [1.807, 2.05) is 30.3 Å². The van der Waals surface area contributed by atoms with Gasteiger partial charge in [-0.15, -0.1) is 0 Å². The maximum absolute atomic E-state index is 13.5. The number of carbonyl (C=O) groups is 1. The lowest BCUT2D eigenvalue weighted by Gasteiger charge is -2.34. The fourth-order valence-corrected chi connectivity index (χ4v) is 5.22. The van der Waals surface area contributed by atoms with Gasteiger partial charge >= 0.3 is 6.18 Å². The Hall–Kier alpha value is -4.78. The van der Waals surface area contributed by atoms with E-state index in [4.69, 9.17) is 9.72 Å². The molecule has 220 valence electrons. The molecule has 4 heterocycles. The van der Waals surface area contributed by atoms with Crippen molar-refractivity contribution in [2.24, 2.45) is 0 Å². The molecule has 1 aliphatic rings. The standard InChI is InChI=1S/C30H26F3N7O3/c1-17(20-7-10-24(34-13-20)30(31,32)33)40-28-25(23(39-40)16-43-15-18-5-3-2-4-6-18)29(42)38-27(37-28)22-9-8-21(22)26-35-11-19(14-41)12-36-26/h2-7,10-14,17,21-22H,8-9,15-16H2,1H3,(H,37,38,42). The highest BCUT2D eigenvalue weighted by Crippen LogP contribution is 2.46. The summed E-state index contributed by atoms with van der Waals surface area (Å²) >= 11 is 0. The van der Waals surface area contributed by atoms with Gasteiger partial charge in [0.2, 0.25) is 0 Å². The number of alkyl halides is 3. The Bertz CT molecular complexity index is 1800. The van der Waals surface area contributed by atoms with Gasteiger partial charge in [-0.2, -0.15) is 18.3 Å². The molecule has 4 aromatic heterocycles. The second-order valence-corrected chi connectivity index (χ2v) is 10.5. The van der Waals surface area contributed by atoms with Crippen LogP contribution in [0.2, 0.25) is 0 Å². The summed E-state index contributed by atoms with van der Waals surface area (Å²) in [7, 11) is 0. The molecular weight excluding hydrogens is 563 g/mol. The van der Waals surface area contributed by atoms with E-state index in [0.717, 1.165) is 30.7 Å². The monoisotopic (exact) mass is 589 g/mol. The molecule has 0 saturated heterocycles. The number of hydrogen-bond acceptors (Lipinski definition) is 8. The van der Waals surface area contributed by atoms with Crippen molar-refractivity contribution in [1.82, 2.24) is 34.7 Å². The zero-order valence-corrected chi connectivity index (χ0v) is 23.0. The maximum Gasteiger partial charge on any atom is 0.433 e. The number of pyridine rings is 1. The van der Waals surface area contributed by atoms with E-state index in [1.165, 1.54) is 23.1 Å². The van der Waals surface area contributed by atoms with Gasteiger partial charge in [0.15, 0.2) is 11.9 Å². The lowest BCUT2D eigenvalue weighted by atomic mass is 9.72. The predicted molar refractivity (Wildman–Crippen MR) is 148 cm³/mol. The summed E-state index contributed by atoms with van der Waals surface area (Å²) in [6, 6.07) is 11.2. The molecule has 0 aliphatic heterocycles. The summed E-state index contributed by atoms with van der Waals surface area (Å²) in [6.07, 6.45) is 1.69. The Morgan fingerprint density at radius 2 is 1.77 bits per heavy atom. The molecule has 43 heavy (non-hydrogen) atoms. The molecule has 3 unspecified atom stereocenters. The third-order valence-electron chi connectivity index (χ3n) is 7.71. The lowest BCUT2D eigenvalue weighted by Crippen LogP contribution is -2.28. The van der Waals surface area contributed by atoms with Crippen molar-refractivity contribution in [3.63, 3.8) is 0 Å². The fraction of sp³-hybridized carbons (Fsp3) is 0.300. The molecule has 0 amide bonds. The van der Waals surface area contributed by atoms with Crippen LogP contribution in [0.15, 0.2) is 65.8 Å². The van der Waals surface area contributed by atoms with Crippen molar-refractivity contribution in [2.75, 3.05) is 0 Å². The molecule has 10 nitrogen and oxygen atoms in total. The van der Waals surface area contributed by atoms with Gasteiger partial charge in [-0.25, -0.2) is 19.6 Å². The Labute approximate surface area is 243 Å². The van der Waals surface area contributed by atoms with Gasteiger partial charge in [-0.1, -0.05) is 36.4 Å². The molecular formula is C30H26F3N7O3.